The first-order valence-corrected chi connectivity index (χ1v) is 6.52. The second-order valence-electron chi connectivity index (χ2n) is 4.76. The second-order valence-corrected chi connectivity index (χ2v) is 5.17. The van der Waals surface area contributed by atoms with Crippen LogP contribution in [-0.4, -0.2) is 0 Å². The van der Waals surface area contributed by atoms with Crippen LogP contribution in [0.1, 0.15) is 28.3 Å². The van der Waals surface area contributed by atoms with E-state index >= 15 is 0 Å². The molecule has 0 bridgehead atoms. The summed E-state index contributed by atoms with van der Waals surface area (Å²) in [5, 5.41) is 0.790. The standard InChI is InChI=1S/C16H18ClN/c1-11-7-8-14(12(2)9-11)16(18)10-13-5-3-4-6-15(13)17/h3-9,16H,10,18H2,1-2H3. The number of benzene rings is 2. The maximum atomic E-state index is 6.29. The number of halogens is 1. The van der Waals surface area contributed by atoms with Crippen LogP contribution in [0.4, 0.5) is 0 Å². The van der Waals surface area contributed by atoms with Gasteiger partial charge in [0, 0.05) is 11.1 Å². The molecule has 0 radical (unpaired) electrons. The first-order chi connectivity index (χ1) is 8.58. The van der Waals surface area contributed by atoms with Crippen LogP contribution in [0.25, 0.3) is 0 Å². The van der Waals surface area contributed by atoms with Gasteiger partial charge in [0.05, 0.1) is 0 Å². The van der Waals surface area contributed by atoms with Crippen molar-refractivity contribution in [3.63, 3.8) is 0 Å². The molecule has 94 valence electrons. The first kappa shape index (κ1) is 13.1. The Kier molecular flexibility index (Phi) is 4.05. The molecular weight excluding hydrogens is 242 g/mol. The van der Waals surface area contributed by atoms with Crippen molar-refractivity contribution < 1.29 is 0 Å². The molecule has 2 N–H and O–H groups in total. The van der Waals surface area contributed by atoms with Gasteiger partial charge in [-0.15, -0.1) is 0 Å². The number of aryl methyl sites for hydroxylation is 2. The highest BCUT2D eigenvalue weighted by Gasteiger charge is 2.11. The Labute approximate surface area is 114 Å². The summed E-state index contributed by atoms with van der Waals surface area (Å²) < 4.78 is 0. The van der Waals surface area contributed by atoms with Crippen molar-refractivity contribution in [1.29, 1.82) is 0 Å². The summed E-state index contributed by atoms with van der Waals surface area (Å²) in [7, 11) is 0. The van der Waals surface area contributed by atoms with Crippen molar-refractivity contribution in [3.05, 3.63) is 69.7 Å². The van der Waals surface area contributed by atoms with E-state index in [9.17, 15) is 0 Å². The minimum Gasteiger partial charge on any atom is -0.324 e. The van der Waals surface area contributed by atoms with Crippen LogP contribution in [0.5, 0.6) is 0 Å². The van der Waals surface area contributed by atoms with E-state index in [1.54, 1.807) is 0 Å². The summed E-state index contributed by atoms with van der Waals surface area (Å²) in [5.74, 6) is 0. The van der Waals surface area contributed by atoms with Crippen LogP contribution in [0, 0.1) is 13.8 Å². The lowest BCUT2D eigenvalue weighted by atomic mass is 9.95. The third-order valence-electron chi connectivity index (χ3n) is 3.22. The summed E-state index contributed by atoms with van der Waals surface area (Å²) in [4.78, 5) is 0. The van der Waals surface area contributed by atoms with Gasteiger partial charge in [-0.1, -0.05) is 53.6 Å². The molecule has 2 heteroatoms. The van der Waals surface area contributed by atoms with Gasteiger partial charge in [-0.3, -0.25) is 0 Å². The van der Waals surface area contributed by atoms with E-state index < -0.39 is 0 Å². The number of rotatable bonds is 3. The Morgan fingerprint density at radius 3 is 2.50 bits per heavy atom. The number of nitrogens with two attached hydrogens (primary N) is 1. The van der Waals surface area contributed by atoms with Crippen molar-refractivity contribution >= 4 is 11.6 Å². The van der Waals surface area contributed by atoms with Gasteiger partial charge in [0.15, 0.2) is 0 Å². The summed E-state index contributed by atoms with van der Waals surface area (Å²) >= 11 is 6.17. The van der Waals surface area contributed by atoms with Crippen molar-refractivity contribution in [2.45, 2.75) is 26.3 Å². The minimum absolute atomic E-state index is 0.00880. The van der Waals surface area contributed by atoms with E-state index in [0.717, 1.165) is 17.0 Å². The summed E-state index contributed by atoms with van der Waals surface area (Å²) in [6, 6.07) is 14.3. The van der Waals surface area contributed by atoms with Crippen molar-refractivity contribution in [3.8, 4) is 0 Å². The fourth-order valence-electron chi connectivity index (χ4n) is 2.25. The maximum Gasteiger partial charge on any atom is 0.0438 e. The number of hydrogen-bond donors (Lipinski definition) is 1. The second kappa shape index (κ2) is 5.55. The van der Waals surface area contributed by atoms with Gasteiger partial charge in [0.1, 0.15) is 0 Å². The molecule has 2 rings (SSSR count). The van der Waals surface area contributed by atoms with Crippen LogP contribution in [-0.2, 0) is 6.42 Å². The molecule has 0 saturated carbocycles. The highest BCUT2D eigenvalue weighted by Crippen LogP contribution is 2.24. The average Bonchev–Trinajstić information content (AvgIpc) is 2.32. The zero-order valence-electron chi connectivity index (χ0n) is 10.8. The molecule has 0 fully saturated rings. The molecule has 2 aromatic rings. The third kappa shape index (κ3) is 2.92. The summed E-state index contributed by atoms with van der Waals surface area (Å²) in [6.07, 6.45) is 0.767. The van der Waals surface area contributed by atoms with Crippen LogP contribution in [0.2, 0.25) is 5.02 Å². The highest BCUT2D eigenvalue weighted by atomic mass is 35.5. The lowest BCUT2D eigenvalue weighted by Gasteiger charge is -2.16. The summed E-state index contributed by atoms with van der Waals surface area (Å²) in [5.41, 5.74) is 11.1. The molecule has 0 aromatic heterocycles. The Bertz CT molecular complexity index is 549. The van der Waals surface area contributed by atoms with Crippen molar-refractivity contribution in [2.24, 2.45) is 5.73 Å². The van der Waals surface area contributed by atoms with E-state index in [-0.39, 0.29) is 6.04 Å². The van der Waals surface area contributed by atoms with E-state index in [0.29, 0.717) is 0 Å². The average molecular weight is 260 g/mol. The lowest BCUT2D eigenvalue weighted by molar-refractivity contribution is 0.716. The summed E-state index contributed by atoms with van der Waals surface area (Å²) in [6.45, 7) is 4.20. The van der Waals surface area contributed by atoms with Gasteiger partial charge < -0.3 is 5.73 Å². The normalized spacial score (nSPS) is 12.4. The zero-order chi connectivity index (χ0) is 13.1. The Morgan fingerprint density at radius 2 is 1.83 bits per heavy atom. The molecule has 0 saturated heterocycles. The minimum atomic E-state index is -0.00880. The first-order valence-electron chi connectivity index (χ1n) is 6.14. The molecule has 2 aromatic carbocycles. The molecule has 0 amide bonds. The SMILES string of the molecule is Cc1ccc(C(N)Cc2ccccc2Cl)c(C)c1. The fourth-order valence-corrected chi connectivity index (χ4v) is 2.47. The van der Waals surface area contributed by atoms with Crippen LogP contribution >= 0.6 is 11.6 Å². The molecule has 18 heavy (non-hydrogen) atoms. The highest BCUT2D eigenvalue weighted by molar-refractivity contribution is 6.31. The zero-order valence-corrected chi connectivity index (χ0v) is 11.5. The van der Waals surface area contributed by atoms with Gasteiger partial charge in [0.25, 0.3) is 0 Å². The third-order valence-corrected chi connectivity index (χ3v) is 3.59. The molecule has 1 nitrogen and oxygen atoms in total. The monoisotopic (exact) mass is 259 g/mol. The molecular formula is C16H18ClN. The van der Waals surface area contributed by atoms with E-state index in [1.807, 2.05) is 24.3 Å². The smallest absolute Gasteiger partial charge is 0.0438 e. The molecule has 0 aliphatic rings. The molecule has 0 heterocycles. The van der Waals surface area contributed by atoms with Crippen molar-refractivity contribution in [1.82, 2.24) is 0 Å². The van der Waals surface area contributed by atoms with Crippen molar-refractivity contribution in [2.75, 3.05) is 0 Å². The Balaban J connectivity index is 2.22. The van der Waals surface area contributed by atoms with Gasteiger partial charge >= 0.3 is 0 Å². The number of hydrogen-bond acceptors (Lipinski definition) is 1. The van der Waals surface area contributed by atoms with Gasteiger partial charge in [-0.25, -0.2) is 0 Å². The largest absolute Gasteiger partial charge is 0.324 e. The molecule has 0 spiro atoms. The Morgan fingerprint density at radius 1 is 1.11 bits per heavy atom. The topological polar surface area (TPSA) is 26.0 Å². The molecule has 1 unspecified atom stereocenters. The Hall–Kier alpha value is -1.31. The van der Waals surface area contributed by atoms with Crippen LogP contribution in [0.15, 0.2) is 42.5 Å². The van der Waals surface area contributed by atoms with E-state index in [4.69, 9.17) is 17.3 Å². The van der Waals surface area contributed by atoms with Gasteiger partial charge in [-0.05, 0) is 43.0 Å². The van der Waals surface area contributed by atoms with Crippen LogP contribution < -0.4 is 5.73 Å². The van der Waals surface area contributed by atoms with E-state index in [2.05, 4.69) is 32.0 Å². The van der Waals surface area contributed by atoms with E-state index in [1.165, 1.54) is 16.7 Å². The molecule has 1 atom stereocenters. The predicted octanol–water partition coefficient (Wildman–Crippen LogP) is 4.20. The van der Waals surface area contributed by atoms with Crippen LogP contribution in [0.3, 0.4) is 0 Å². The van der Waals surface area contributed by atoms with Gasteiger partial charge in [0.2, 0.25) is 0 Å². The molecule has 0 aliphatic carbocycles. The quantitative estimate of drug-likeness (QED) is 0.878. The fraction of sp³-hybridized carbons (Fsp3) is 0.250. The molecule has 0 aliphatic heterocycles. The lowest BCUT2D eigenvalue weighted by Crippen LogP contribution is -2.15. The van der Waals surface area contributed by atoms with Gasteiger partial charge in [-0.2, -0.15) is 0 Å². The predicted molar refractivity (Wildman–Crippen MR) is 78.0 cm³/mol. The maximum absolute atomic E-state index is 6.29.